The molecule has 1 atom stereocenters. The maximum Gasteiger partial charge on any atom is 0.269 e. The molecule has 0 aliphatic carbocycles. The van der Waals surface area contributed by atoms with Gasteiger partial charge < -0.3 is 14.8 Å². The van der Waals surface area contributed by atoms with Crippen molar-refractivity contribution in [3.05, 3.63) is 76.5 Å². The zero-order chi connectivity index (χ0) is 17.8. The number of hydrogen-bond donors (Lipinski definition) is 1. The van der Waals surface area contributed by atoms with Gasteiger partial charge in [0.15, 0.2) is 11.5 Å². The number of hydrogen-bond acceptors (Lipinski definition) is 4. The SMILES string of the molecule is O=C(Nc1cccc(C#Cc2cccs2)c1)C1COc2ccccc2O1. The van der Waals surface area contributed by atoms with Crippen LogP contribution in [0.25, 0.3) is 0 Å². The average Bonchev–Trinajstić information content (AvgIpc) is 3.20. The molecule has 0 saturated carbocycles. The van der Waals surface area contributed by atoms with E-state index in [1.54, 1.807) is 17.4 Å². The highest BCUT2D eigenvalue weighted by molar-refractivity contribution is 7.10. The van der Waals surface area contributed by atoms with Gasteiger partial charge >= 0.3 is 0 Å². The highest BCUT2D eigenvalue weighted by Crippen LogP contribution is 2.31. The topological polar surface area (TPSA) is 47.6 Å². The minimum absolute atomic E-state index is 0.181. The van der Waals surface area contributed by atoms with Crippen molar-refractivity contribution in [3.63, 3.8) is 0 Å². The average molecular weight is 361 g/mol. The number of para-hydroxylation sites is 2. The molecular weight excluding hydrogens is 346 g/mol. The minimum atomic E-state index is -0.689. The van der Waals surface area contributed by atoms with Crippen molar-refractivity contribution >= 4 is 22.9 Å². The van der Waals surface area contributed by atoms with Crippen LogP contribution in [0.5, 0.6) is 11.5 Å². The van der Waals surface area contributed by atoms with E-state index in [1.807, 2.05) is 60.0 Å². The van der Waals surface area contributed by atoms with Gasteiger partial charge in [0.1, 0.15) is 6.61 Å². The Labute approximate surface area is 155 Å². The molecule has 0 radical (unpaired) electrons. The van der Waals surface area contributed by atoms with Crippen LogP contribution in [-0.4, -0.2) is 18.6 Å². The van der Waals surface area contributed by atoms with E-state index in [1.165, 1.54) is 0 Å². The lowest BCUT2D eigenvalue weighted by Crippen LogP contribution is -2.40. The van der Waals surface area contributed by atoms with E-state index < -0.39 is 6.10 Å². The van der Waals surface area contributed by atoms with Crippen molar-refractivity contribution in [2.45, 2.75) is 6.10 Å². The van der Waals surface area contributed by atoms with Gasteiger partial charge in [-0.2, -0.15) is 0 Å². The van der Waals surface area contributed by atoms with Gasteiger partial charge in [-0.1, -0.05) is 36.1 Å². The highest BCUT2D eigenvalue weighted by Gasteiger charge is 2.27. The lowest BCUT2D eigenvalue weighted by Gasteiger charge is -2.25. The van der Waals surface area contributed by atoms with Crippen molar-refractivity contribution < 1.29 is 14.3 Å². The van der Waals surface area contributed by atoms with E-state index in [9.17, 15) is 4.79 Å². The fourth-order valence-corrected chi connectivity index (χ4v) is 3.10. The Morgan fingerprint density at radius 3 is 2.77 bits per heavy atom. The molecule has 0 fully saturated rings. The lowest BCUT2D eigenvalue weighted by atomic mass is 10.2. The first kappa shape index (κ1) is 16.2. The molecule has 2 aromatic carbocycles. The summed E-state index contributed by atoms with van der Waals surface area (Å²) in [6.45, 7) is 0.181. The molecular formula is C21H15NO3S. The normalized spacial score (nSPS) is 14.8. The Hall–Kier alpha value is -3.23. The van der Waals surface area contributed by atoms with E-state index >= 15 is 0 Å². The molecule has 128 valence electrons. The zero-order valence-corrected chi connectivity index (χ0v) is 14.6. The van der Waals surface area contributed by atoms with Gasteiger partial charge in [-0.25, -0.2) is 0 Å². The van der Waals surface area contributed by atoms with Crippen LogP contribution in [0.1, 0.15) is 10.4 Å². The van der Waals surface area contributed by atoms with E-state index in [0.29, 0.717) is 17.2 Å². The minimum Gasteiger partial charge on any atom is -0.485 e. The summed E-state index contributed by atoms with van der Waals surface area (Å²) >= 11 is 1.60. The number of benzene rings is 2. The molecule has 1 unspecified atom stereocenters. The zero-order valence-electron chi connectivity index (χ0n) is 13.8. The van der Waals surface area contributed by atoms with E-state index in [4.69, 9.17) is 9.47 Å². The number of anilines is 1. The smallest absolute Gasteiger partial charge is 0.269 e. The van der Waals surface area contributed by atoms with Crippen molar-refractivity contribution in [2.24, 2.45) is 0 Å². The summed E-state index contributed by atoms with van der Waals surface area (Å²) in [6, 6.07) is 18.7. The Morgan fingerprint density at radius 1 is 1.04 bits per heavy atom. The Bertz CT molecular complexity index is 986. The van der Waals surface area contributed by atoms with Crippen LogP contribution >= 0.6 is 11.3 Å². The first-order valence-corrected chi connectivity index (χ1v) is 9.01. The fraction of sp³-hybridized carbons (Fsp3) is 0.0952. The second-order valence-electron chi connectivity index (χ2n) is 5.66. The molecule has 0 bridgehead atoms. The van der Waals surface area contributed by atoms with Crippen LogP contribution in [0.4, 0.5) is 5.69 Å². The second kappa shape index (κ2) is 7.34. The molecule has 2 heterocycles. The Kier molecular flexibility index (Phi) is 4.59. The van der Waals surface area contributed by atoms with E-state index in [-0.39, 0.29) is 12.5 Å². The molecule has 3 aromatic rings. The molecule has 0 saturated heterocycles. The lowest BCUT2D eigenvalue weighted by molar-refractivity contribution is -0.125. The predicted molar refractivity (Wildman–Crippen MR) is 102 cm³/mol. The van der Waals surface area contributed by atoms with Gasteiger partial charge in [0, 0.05) is 11.3 Å². The maximum atomic E-state index is 12.5. The highest BCUT2D eigenvalue weighted by atomic mass is 32.1. The standard InChI is InChI=1S/C21H15NO3S/c23-21(20-14-24-18-8-1-2-9-19(18)25-20)22-16-6-3-5-15(13-16)10-11-17-7-4-12-26-17/h1-9,12-13,20H,14H2,(H,22,23). The molecule has 4 nitrogen and oxygen atoms in total. The Balaban J connectivity index is 1.44. The van der Waals surface area contributed by atoms with E-state index in [2.05, 4.69) is 17.2 Å². The first-order valence-electron chi connectivity index (χ1n) is 8.13. The van der Waals surface area contributed by atoms with Crippen molar-refractivity contribution in [2.75, 3.05) is 11.9 Å². The molecule has 1 aromatic heterocycles. The van der Waals surface area contributed by atoms with E-state index in [0.717, 1.165) is 10.4 Å². The summed E-state index contributed by atoms with van der Waals surface area (Å²) in [7, 11) is 0. The van der Waals surface area contributed by atoms with Crippen molar-refractivity contribution in [1.82, 2.24) is 0 Å². The number of ether oxygens (including phenoxy) is 2. The summed E-state index contributed by atoms with van der Waals surface area (Å²) < 4.78 is 11.3. The van der Waals surface area contributed by atoms with Crippen LogP contribution in [0.3, 0.4) is 0 Å². The van der Waals surface area contributed by atoms with Gasteiger partial charge in [0.25, 0.3) is 5.91 Å². The third-order valence-electron chi connectivity index (χ3n) is 3.78. The molecule has 5 heteroatoms. The summed E-state index contributed by atoms with van der Waals surface area (Å²) in [5.74, 6) is 7.20. The second-order valence-corrected chi connectivity index (χ2v) is 6.61. The molecule has 26 heavy (non-hydrogen) atoms. The van der Waals surface area contributed by atoms with Crippen LogP contribution < -0.4 is 14.8 Å². The molecule has 0 spiro atoms. The van der Waals surface area contributed by atoms with Crippen LogP contribution in [-0.2, 0) is 4.79 Å². The summed E-state index contributed by atoms with van der Waals surface area (Å²) in [4.78, 5) is 13.5. The van der Waals surface area contributed by atoms with Gasteiger partial charge in [-0.3, -0.25) is 4.79 Å². The molecule has 1 N–H and O–H groups in total. The van der Waals surface area contributed by atoms with Crippen LogP contribution in [0, 0.1) is 11.8 Å². The van der Waals surface area contributed by atoms with Gasteiger partial charge in [-0.05, 0) is 41.8 Å². The third-order valence-corrected chi connectivity index (χ3v) is 4.57. The van der Waals surface area contributed by atoms with Crippen LogP contribution in [0.2, 0.25) is 0 Å². The number of rotatable bonds is 2. The summed E-state index contributed by atoms with van der Waals surface area (Å²) in [5.41, 5.74) is 1.51. The summed E-state index contributed by atoms with van der Waals surface area (Å²) in [6.07, 6.45) is -0.689. The molecule has 1 aliphatic heterocycles. The monoisotopic (exact) mass is 361 g/mol. The molecule has 4 rings (SSSR count). The number of fused-ring (bicyclic) bond motifs is 1. The van der Waals surface area contributed by atoms with Crippen molar-refractivity contribution in [1.29, 1.82) is 0 Å². The number of thiophene rings is 1. The molecule has 1 aliphatic rings. The first-order chi connectivity index (χ1) is 12.8. The third kappa shape index (κ3) is 3.71. The van der Waals surface area contributed by atoms with Gasteiger partial charge in [0.2, 0.25) is 6.10 Å². The number of nitrogens with one attached hydrogen (secondary N) is 1. The van der Waals surface area contributed by atoms with Crippen molar-refractivity contribution in [3.8, 4) is 23.3 Å². The Morgan fingerprint density at radius 2 is 1.92 bits per heavy atom. The van der Waals surface area contributed by atoms with Crippen LogP contribution in [0.15, 0.2) is 66.0 Å². The van der Waals surface area contributed by atoms with Gasteiger partial charge in [-0.15, -0.1) is 11.3 Å². The molecule has 1 amide bonds. The summed E-state index contributed by atoms with van der Waals surface area (Å²) in [5, 5.41) is 4.86. The van der Waals surface area contributed by atoms with Gasteiger partial charge in [0.05, 0.1) is 4.88 Å². The quantitative estimate of drug-likeness (QED) is 0.704. The number of carbonyl (C=O) groups is 1. The maximum absolute atomic E-state index is 12.5. The number of amides is 1. The fourth-order valence-electron chi connectivity index (χ4n) is 2.53. The predicted octanol–water partition coefficient (Wildman–Crippen LogP) is 3.93. The number of carbonyl (C=O) groups excluding carboxylic acids is 1. The largest absolute Gasteiger partial charge is 0.485 e.